The Balaban J connectivity index is 1.97. The molecule has 3 nitrogen and oxygen atoms in total. The van der Waals surface area contributed by atoms with Crippen LogP contribution in [0, 0.1) is 6.92 Å². The van der Waals surface area contributed by atoms with Gasteiger partial charge >= 0.3 is 0 Å². The van der Waals surface area contributed by atoms with Crippen molar-refractivity contribution in [1.29, 1.82) is 0 Å². The Morgan fingerprint density at radius 1 is 1.21 bits per heavy atom. The first-order valence-corrected chi connectivity index (χ1v) is 6.60. The summed E-state index contributed by atoms with van der Waals surface area (Å²) in [6, 6.07) is 11.4. The van der Waals surface area contributed by atoms with E-state index in [-0.39, 0.29) is 5.91 Å². The Bertz CT molecular complexity index is 589. The summed E-state index contributed by atoms with van der Waals surface area (Å²) < 4.78 is 1.01. The summed E-state index contributed by atoms with van der Waals surface area (Å²) in [6.07, 6.45) is 4.97. The largest absolute Gasteiger partial charge is 0.307 e. The van der Waals surface area contributed by atoms with Gasteiger partial charge in [0.05, 0.1) is 0 Å². The fraction of sp³-hybridized carbons (Fsp3) is 0.0667. The molecular formula is C15H13BrN2O. The zero-order chi connectivity index (χ0) is 13.7. The average Bonchev–Trinajstić information content (AvgIpc) is 2.41. The molecule has 2 aromatic rings. The number of hydrogen-bond donors (Lipinski definition) is 1. The number of rotatable bonds is 3. The van der Waals surface area contributed by atoms with Crippen LogP contribution in [0.25, 0.3) is 6.08 Å². The van der Waals surface area contributed by atoms with Gasteiger partial charge in [0.25, 0.3) is 0 Å². The number of carbonyl (C=O) groups is 1. The van der Waals surface area contributed by atoms with E-state index < -0.39 is 0 Å². The molecule has 1 aromatic heterocycles. The molecule has 4 heteroatoms. The number of nitrogens with zero attached hydrogens (tertiary/aromatic N) is 1. The minimum atomic E-state index is -0.195. The Labute approximate surface area is 120 Å². The molecule has 0 bridgehead atoms. The molecular weight excluding hydrogens is 304 g/mol. The van der Waals surface area contributed by atoms with Crippen molar-refractivity contribution < 1.29 is 4.79 Å². The van der Waals surface area contributed by atoms with E-state index in [2.05, 4.69) is 26.2 Å². The molecule has 1 heterocycles. The van der Waals surface area contributed by atoms with Crippen molar-refractivity contribution in [3.8, 4) is 0 Å². The Morgan fingerprint density at radius 2 is 1.95 bits per heavy atom. The molecule has 1 aromatic carbocycles. The molecule has 0 aliphatic carbocycles. The molecule has 0 radical (unpaired) electrons. The van der Waals surface area contributed by atoms with E-state index in [1.807, 2.05) is 37.3 Å². The van der Waals surface area contributed by atoms with Crippen LogP contribution in [0.1, 0.15) is 11.1 Å². The predicted molar refractivity (Wildman–Crippen MR) is 80.8 cm³/mol. The van der Waals surface area contributed by atoms with Crippen LogP contribution in [0.2, 0.25) is 0 Å². The van der Waals surface area contributed by atoms with Crippen molar-refractivity contribution in [3.63, 3.8) is 0 Å². The molecule has 0 saturated carbocycles. The number of amides is 1. The van der Waals surface area contributed by atoms with Crippen LogP contribution < -0.4 is 5.32 Å². The third-order valence-corrected chi connectivity index (χ3v) is 2.99. The van der Waals surface area contributed by atoms with Crippen molar-refractivity contribution in [2.75, 3.05) is 5.32 Å². The number of anilines is 1. The SMILES string of the molecule is Cc1ccc(NC(=O)/C=C/c2ccc(Br)cc2)nc1. The lowest BCUT2D eigenvalue weighted by molar-refractivity contribution is -0.111. The molecule has 0 saturated heterocycles. The topological polar surface area (TPSA) is 42.0 Å². The van der Waals surface area contributed by atoms with Crippen LogP contribution in [0.5, 0.6) is 0 Å². The van der Waals surface area contributed by atoms with Gasteiger partial charge in [-0.3, -0.25) is 4.79 Å². The van der Waals surface area contributed by atoms with Crippen LogP contribution in [0.15, 0.2) is 53.1 Å². The smallest absolute Gasteiger partial charge is 0.249 e. The van der Waals surface area contributed by atoms with E-state index in [1.54, 1.807) is 18.3 Å². The molecule has 1 amide bonds. The van der Waals surface area contributed by atoms with E-state index in [9.17, 15) is 4.79 Å². The minimum absolute atomic E-state index is 0.195. The number of hydrogen-bond acceptors (Lipinski definition) is 2. The molecule has 19 heavy (non-hydrogen) atoms. The van der Waals surface area contributed by atoms with E-state index in [1.165, 1.54) is 6.08 Å². The highest BCUT2D eigenvalue weighted by atomic mass is 79.9. The van der Waals surface area contributed by atoms with Gasteiger partial charge < -0.3 is 5.32 Å². The average molecular weight is 317 g/mol. The van der Waals surface area contributed by atoms with E-state index in [0.717, 1.165) is 15.6 Å². The summed E-state index contributed by atoms with van der Waals surface area (Å²) in [5.41, 5.74) is 2.03. The van der Waals surface area contributed by atoms with Gasteiger partial charge in [-0.2, -0.15) is 0 Å². The Kier molecular flexibility index (Phi) is 4.47. The quantitative estimate of drug-likeness (QED) is 0.875. The number of benzene rings is 1. The lowest BCUT2D eigenvalue weighted by Crippen LogP contribution is -2.08. The van der Waals surface area contributed by atoms with Gasteiger partial charge in [-0.15, -0.1) is 0 Å². The van der Waals surface area contributed by atoms with Gasteiger partial charge in [0.15, 0.2) is 0 Å². The maximum Gasteiger partial charge on any atom is 0.249 e. The fourth-order valence-corrected chi connectivity index (χ4v) is 1.72. The number of aromatic nitrogens is 1. The van der Waals surface area contributed by atoms with Crippen LogP contribution in [-0.4, -0.2) is 10.9 Å². The van der Waals surface area contributed by atoms with Crippen molar-refractivity contribution in [1.82, 2.24) is 4.98 Å². The number of carbonyl (C=O) groups excluding carboxylic acids is 1. The summed E-state index contributed by atoms with van der Waals surface area (Å²) in [5, 5.41) is 2.70. The van der Waals surface area contributed by atoms with Gasteiger partial charge in [0, 0.05) is 16.7 Å². The van der Waals surface area contributed by atoms with Gasteiger partial charge in [-0.05, 0) is 42.3 Å². The summed E-state index contributed by atoms with van der Waals surface area (Å²) in [7, 11) is 0. The van der Waals surface area contributed by atoms with E-state index in [4.69, 9.17) is 0 Å². The highest BCUT2D eigenvalue weighted by Gasteiger charge is 1.98. The van der Waals surface area contributed by atoms with Gasteiger partial charge in [-0.25, -0.2) is 4.98 Å². The first-order valence-electron chi connectivity index (χ1n) is 5.81. The zero-order valence-corrected chi connectivity index (χ0v) is 12.0. The van der Waals surface area contributed by atoms with E-state index in [0.29, 0.717) is 5.82 Å². The highest BCUT2D eigenvalue weighted by Crippen LogP contribution is 2.11. The van der Waals surface area contributed by atoms with Gasteiger partial charge in [0.1, 0.15) is 5.82 Å². The van der Waals surface area contributed by atoms with Crippen molar-refractivity contribution >= 4 is 33.7 Å². The molecule has 0 fully saturated rings. The highest BCUT2D eigenvalue weighted by molar-refractivity contribution is 9.10. The second kappa shape index (κ2) is 6.29. The first-order chi connectivity index (χ1) is 9.13. The lowest BCUT2D eigenvalue weighted by atomic mass is 10.2. The predicted octanol–water partition coefficient (Wildman–Crippen LogP) is 3.80. The summed E-state index contributed by atoms with van der Waals surface area (Å²) in [6.45, 7) is 1.95. The molecule has 2 rings (SSSR count). The third-order valence-electron chi connectivity index (χ3n) is 2.46. The summed E-state index contributed by atoms with van der Waals surface area (Å²) >= 11 is 3.36. The standard InChI is InChI=1S/C15H13BrN2O/c1-11-2-8-14(17-10-11)18-15(19)9-5-12-3-6-13(16)7-4-12/h2-10H,1H3,(H,17,18,19)/b9-5+. The Morgan fingerprint density at radius 3 is 2.58 bits per heavy atom. The zero-order valence-electron chi connectivity index (χ0n) is 10.4. The normalized spacial score (nSPS) is 10.6. The second-order valence-electron chi connectivity index (χ2n) is 4.09. The number of aryl methyl sites for hydroxylation is 1. The van der Waals surface area contributed by atoms with Gasteiger partial charge in [0.2, 0.25) is 5.91 Å². The van der Waals surface area contributed by atoms with Crippen LogP contribution in [0.4, 0.5) is 5.82 Å². The maximum absolute atomic E-state index is 11.7. The number of halogens is 1. The van der Waals surface area contributed by atoms with Gasteiger partial charge in [-0.1, -0.05) is 34.1 Å². The summed E-state index contributed by atoms with van der Waals surface area (Å²) in [4.78, 5) is 15.8. The van der Waals surface area contributed by atoms with Crippen molar-refractivity contribution in [2.24, 2.45) is 0 Å². The first kappa shape index (κ1) is 13.5. The molecule has 0 aliphatic heterocycles. The van der Waals surface area contributed by atoms with Crippen molar-refractivity contribution in [2.45, 2.75) is 6.92 Å². The number of nitrogens with one attached hydrogen (secondary N) is 1. The van der Waals surface area contributed by atoms with Crippen LogP contribution >= 0.6 is 15.9 Å². The molecule has 1 N–H and O–H groups in total. The maximum atomic E-state index is 11.7. The van der Waals surface area contributed by atoms with Crippen molar-refractivity contribution in [3.05, 3.63) is 64.3 Å². The van der Waals surface area contributed by atoms with Crippen LogP contribution in [-0.2, 0) is 4.79 Å². The molecule has 0 spiro atoms. The monoisotopic (exact) mass is 316 g/mol. The molecule has 0 unspecified atom stereocenters. The molecule has 96 valence electrons. The Hall–Kier alpha value is -1.94. The molecule has 0 atom stereocenters. The number of pyridine rings is 1. The molecule has 0 aliphatic rings. The second-order valence-corrected chi connectivity index (χ2v) is 5.01. The minimum Gasteiger partial charge on any atom is -0.307 e. The lowest BCUT2D eigenvalue weighted by Gasteiger charge is -2.01. The van der Waals surface area contributed by atoms with E-state index >= 15 is 0 Å². The summed E-state index contributed by atoms with van der Waals surface area (Å²) in [5.74, 6) is 0.357. The fourth-order valence-electron chi connectivity index (χ4n) is 1.46. The third kappa shape index (κ3) is 4.34. The van der Waals surface area contributed by atoms with Crippen LogP contribution in [0.3, 0.4) is 0 Å².